The lowest BCUT2D eigenvalue weighted by atomic mass is 9.94. The normalized spacial score (nSPS) is 22.6. The van der Waals surface area contributed by atoms with Gasteiger partial charge in [-0.05, 0) is 31.0 Å². The third-order valence-corrected chi connectivity index (χ3v) is 5.68. The Bertz CT molecular complexity index is 770. The molecule has 2 aliphatic rings. The smallest absolute Gasteiger partial charge is 0.338 e. The van der Waals surface area contributed by atoms with Gasteiger partial charge in [-0.25, -0.2) is 9.79 Å². The summed E-state index contributed by atoms with van der Waals surface area (Å²) in [7, 11) is 2.93. The minimum Gasteiger partial charge on any atom is -0.497 e. The molecule has 1 aromatic rings. The van der Waals surface area contributed by atoms with Gasteiger partial charge >= 0.3 is 5.97 Å². The number of aliphatic imine (C=N–C) groups is 1. The molecule has 2 atom stereocenters. The van der Waals surface area contributed by atoms with E-state index >= 15 is 0 Å². The van der Waals surface area contributed by atoms with Crippen molar-refractivity contribution in [2.75, 3.05) is 14.2 Å². The molecule has 0 unspecified atom stereocenters. The number of hydrogen-bond acceptors (Lipinski definition) is 6. The van der Waals surface area contributed by atoms with E-state index in [4.69, 9.17) is 9.47 Å². The molecule has 0 bridgehead atoms. The molecule has 0 aliphatic carbocycles. The fraction of sp³-hybridized carbons (Fsp3) is 0.389. The van der Waals surface area contributed by atoms with Crippen LogP contribution >= 0.6 is 11.8 Å². The molecule has 0 saturated carbocycles. The number of carbonyl (C=O) groups is 2. The number of nitrogens with zero attached hydrogens (tertiary/aromatic N) is 2. The van der Waals surface area contributed by atoms with Crippen LogP contribution < -0.4 is 4.74 Å². The number of carbonyl (C=O) groups excluding carboxylic acids is 2. The predicted octanol–water partition coefficient (Wildman–Crippen LogP) is 2.91. The summed E-state index contributed by atoms with van der Waals surface area (Å²) < 4.78 is 10.2. The Balaban J connectivity index is 2.12. The Morgan fingerprint density at radius 2 is 1.96 bits per heavy atom. The fourth-order valence-electron chi connectivity index (χ4n) is 3.06. The van der Waals surface area contributed by atoms with Crippen LogP contribution in [0, 0.1) is 0 Å². The van der Waals surface area contributed by atoms with Crippen molar-refractivity contribution in [3.8, 4) is 5.75 Å². The molecule has 0 spiro atoms. The van der Waals surface area contributed by atoms with Gasteiger partial charge in [0.25, 0.3) is 0 Å². The Morgan fingerprint density at radius 1 is 1.28 bits per heavy atom. The van der Waals surface area contributed by atoms with Gasteiger partial charge in [0.05, 0.1) is 36.8 Å². The summed E-state index contributed by atoms with van der Waals surface area (Å²) >= 11 is 1.45. The lowest BCUT2D eigenvalue weighted by Crippen LogP contribution is -2.40. The molecule has 3 rings (SSSR count). The quantitative estimate of drug-likeness (QED) is 0.772. The van der Waals surface area contributed by atoms with Crippen LogP contribution in [-0.4, -0.2) is 41.4 Å². The fourth-order valence-corrected chi connectivity index (χ4v) is 4.20. The maximum Gasteiger partial charge on any atom is 0.338 e. The molecule has 1 amide bonds. The first-order valence-corrected chi connectivity index (χ1v) is 8.91. The van der Waals surface area contributed by atoms with Gasteiger partial charge in [-0.15, -0.1) is 0 Å². The zero-order valence-electron chi connectivity index (χ0n) is 14.6. The zero-order chi connectivity index (χ0) is 18.1. The van der Waals surface area contributed by atoms with Gasteiger partial charge in [-0.1, -0.05) is 30.8 Å². The summed E-state index contributed by atoms with van der Waals surface area (Å²) in [5, 5.41) is 0.465. The van der Waals surface area contributed by atoms with Crippen molar-refractivity contribution < 1.29 is 19.1 Å². The number of ether oxygens (including phenoxy) is 2. The van der Waals surface area contributed by atoms with Crippen molar-refractivity contribution in [3.05, 3.63) is 41.1 Å². The van der Waals surface area contributed by atoms with E-state index in [0.717, 1.165) is 5.56 Å². The second-order valence-corrected chi connectivity index (χ2v) is 6.95. The van der Waals surface area contributed by atoms with E-state index in [0.29, 0.717) is 28.6 Å². The molecule has 6 nitrogen and oxygen atoms in total. The van der Waals surface area contributed by atoms with Crippen molar-refractivity contribution in [1.29, 1.82) is 0 Å². The number of benzene rings is 1. The molecule has 1 fully saturated rings. The molecule has 0 N–H and O–H groups in total. The number of thioether (sulfide) groups is 1. The number of amides is 1. The second-order valence-electron chi connectivity index (χ2n) is 5.78. The van der Waals surface area contributed by atoms with Gasteiger partial charge in [0.15, 0.2) is 5.17 Å². The Kier molecular flexibility index (Phi) is 4.85. The SMILES string of the molecule is CC[C@H]1SC2=NC(C)=C(C(=O)OC)[C@H](c3ccc(OC)cc3)N2C1=O. The second kappa shape index (κ2) is 6.92. The summed E-state index contributed by atoms with van der Waals surface area (Å²) in [5.41, 5.74) is 1.79. The number of fused-ring (bicyclic) bond motifs is 1. The Morgan fingerprint density at radius 3 is 2.52 bits per heavy atom. The molecule has 1 saturated heterocycles. The monoisotopic (exact) mass is 360 g/mol. The largest absolute Gasteiger partial charge is 0.497 e. The zero-order valence-corrected chi connectivity index (χ0v) is 15.4. The van der Waals surface area contributed by atoms with Crippen molar-refractivity contribution in [2.24, 2.45) is 4.99 Å². The van der Waals surface area contributed by atoms with Gasteiger partial charge < -0.3 is 9.47 Å². The van der Waals surface area contributed by atoms with Crippen LogP contribution in [0.5, 0.6) is 5.75 Å². The van der Waals surface area contributed by atoms with E-state index in [2.05, 4.69) is 4.99 Å². The molecule has 2 aliphatic heterocycles. The van der Waals surface area contributed by atoms with E-state index in [1.807, 2.05) is 31.2 Å². The maximum atomic E-state index is 12.9. The van der Waals surface area contributed by atoms with Gasteiger partial charge in [0.2, 0.25) is 5.91 Å². The summed E-state index contributed by atoms with van der Waals surface area (Å²) in [6, 6.07) is 6.81. The summed E-state index contributed by atoms with van der Waals surface area (Å²) in [5.74, 6) is 0.210. The maximum absolute atomic E-state index is 12.9. The van der Waals surface area contributed by atoms with Crippen LogP contribution in [-0.2, 0) is 14.3 Å². The first-order valence-electron chi connectivity index (χ1n) is 8.03. The summed E-state index contributed by atoms with van der Waals surface area (Å²) in [6.07, 6.45) is 0.709. The molecule has 1 aromatic carbocycles. The Hall–Kier alpha value is -2.28. The van der Waals surface area contributed by atoms with Crippen LogP contribution in [0.25, 0.3) is 0 Å². The molecule has 132 valence electrons. The lowest BCUT2D eigenvalue weighted by molar-refractivity contribution is -0.137. The average molecular weight is 360 g/mol. The van der Waals surface area contributed by atoms with E-state index in [9.17, 15) is 9.59 Å². The van der Waals surface area contributed by atoms with Crippen molar-refractivity contribution in [3.63, 3.8) is 0 Å². The highest BCUT2D eigenvalue weighted by molar-refractivity contribution is 8.15. The van der Waals surface area contributed by atoms with E-state index < -0.39 is 12.0 Å². The highest BCUT2D eigenvalue weighted by Crippen LogP contribution is 2.44. The van der Waals surface area contributed by atoms with Crippen LogP contribution in [0.2, 0.25) is 0 Å². The summed E-state index contributed by atoms with van der Waals surface area (Å²) in [6.45, 7) is 3.75. The van der Waals surface area contributed by atoms with Crippen LogP contribution in [0.3, 0.4) is 0 Å². The first kappa shape index (κ1) is 17.5. The molecule has 0 radical (unpaired) electrons. The first-order chi connectivity index (χ1) is 12.0. The molecule has 2 heterocycles. The predicted molar refractivity (Wildman–Crippen MR) is 96.4 cm³/mol. The number of amidine groups is 1. The number of hydrogen-bond donors (Lipinski definition) is 0. The van der Waals surface area contributed by atoms with Crippen LogP contribution in [0.15, 0.2) is 40.5 Å². The Labute approximate surface area is 150 Å². The van der Waals surface area contributed by atoms with Crippen molar-refractivity contribution in [2.45, 2.75) is 31.6 Å². The average Bonchev–Trinajstić information content (AvgIpc) is 2.95. The number of rotatable bonds is 4. The van der Waals surface area contributed by atoms with Crippen LogP contribution in [0.1, 0.15) is 31.9 Å². The number of esters is 1. The van der Waals surface area contributed by atoms with Gasteiger partial charge in [-0.2, -0.15) is 0 Å². The number of methoxy groups -OCH3 is 2. The van der Waals surface area contributed by atoms with Crippen molar-refractivity contribution >= 4 is 28.8 Å². The highest BCUT2D eigenvalue weighted by atomic mass is 32.2. The van der Waals surface area contributed by atoms with Gasteiger partial charge in [-0.3, -0.25) is 9.69 Å². The van der Waals surface area contributed by atoms with Gasteiger partial charge in [0.1, 0.15) is 5.75 Å². The molecular weight excluding hydrogens is 340 g/mol. The minimum atomic E-state index is -0.539. The third-order valence-electron chi connectivity index (χ3n) is 4.36. The van der Waals surface area contributed by atoms with Crippen molar-refractivity contribution in [1.82, 2.24) is 4.90 Å². The molecule has 25 heavy (non-hydrogen) atoms. The summed E-state index contributed by atoms with van der Waals surface area (Å²) in [4.78, 5) is 31.4. The lowest BCUT2D eigenvalue weighted by Gasteiger charge is -2.32. The van der Waals surface area contributed by atoms with Crippen LogP contribution in [0.4, 0.5) is 0 Å². The minimum absolute atomic E-state index is 0.0269. The topological polar surface area (TPSA) is 68.2 Å². The molecule has 7 heteroatoms. The third kappa shape index (κ3) is 2.93. The van der Waals surface area contributed by atoms with E-state index in [1.54, 1.807) is 18.9 Å². The number of allylic oxidation sites excluding steroid dienone is 1. The van der Waals surface area contributed by atoms with E-state index in [-0.39, 0.29) is 11.2 Å². The van der Waals surface area contributed by atoms with Gasteiger partial charge in [0, 0.05) is 0 Å². The standard InChI is InChI=1S/C18H20N2O4S/c1-5-13-16(21)20-15(11-6-8-12(23-3)9-7-11)14(17(22)24-4)10(2)19-18(20)25-13/h6-9,13,15H,5H2,1-4H3/t13-,15+/m1/s1. The molecular formula is C18H20N2O4S. The highest BCUT2D eigenvalue weighted by Gasteiger charge is 2.47. The molecule has 0 aromatic heterocycles. The van der Waals surface area contributed by atoms with E-state index in [1.165, 1.54) is 18.9 Å².